The number of nitrogens with one attached hydrogen (secondary N) is 1. The molecule has 1 aliphatic heterocycles. The molecule has 2 aromatic rings. The first-order chi connectivity index (χ1) is 14.1. The maximum absolute atomic E-state index is 13.3. The fraction of sp³-hybridized carbons (Fsp3) is 0.261. The summed E-state index contributed by atoms with van der Waals surface area (Å²) < 4.78 is 0. The number of carbonyl (C=O) groups is 1. The van der Waals surface area contributed by atoms with Crippen LogP contribution in [-0.2, 0) is 4.79 Å². The zero-order chi connectivity index (χ0) is 20.8. The third kappa shape index (κ3) is 4.72. The van der Waals surface area contributed by atoms with Crippen molar-refractivity contribution in [2.75, 3.05) is 11.1 Å². The molecule has 0 aromatic heterocycles. The Balaban J connectivity index is 2.09. The van der Waals surface area contributed by atoms with Gasteiger partial charge in [-0.15, -0.1) is 11.8 Å². The van der Waals surface area contributed by atoms with Crippen molar-refractivity contribution in [2.24, 2.45) is 10.9 Å². The summed E-state index contributed by atoms with van der Waals surface area (Å²) >= 11 is 8.07. The van der Waals surface area contributed by atoms with Crippen LogP contribution in [0.5, 0.6) is 0 Å². The van der Waals surface area contributed by atoms with Crippen LogP contribution in [0.1, 0.15) is 31.7 Å². The van der Waals surface area contributed by atoms with Crippen LogP contribution in [-0.4, -0.2) is 16.7 Å². The molecule has 2 aromatic carbocycles. The highest BCUT2D eigenvalue weighted by Crippen LogP contribution is 2.43. The van der Waals surface area contributed by atoms with Crippen LogP contribution in [0, 0.1) is 17.2 Å². The summed E-state index contributed by atoms with van der Waals surface area (Å²) in [6, 6.07) is 19.0. The second-order valence-electron chi connectivity index (χ2n) is 6.72. The fourth-order valence-corrected chi connectivity index (χ4v) is 4.61. The maximum Gasteiger partial charge on any atom is 0.254 e. The van der Waals surface area contributed by atoms with E-state index in [1.165, 1.54) is 0 Å². The minimum atomic E-state index is -0.563. The lowest BCUT2D eigenvalue weighted by atomic mass is 9.78. The number of carbonyl (C=O) groups excluding carboxylic acids is 1. The van der Waals surface area contributed by atoms with Crippen molar-refractivity contribution >= 4 is 40.0 Å². The van der Waals surface area contributed by atoms with E-state index in [0.717, 1.165) is 22.8 Å². The average molecular weight is 424 g/mol. The SMILES string of the molecule is CCCSC1=NC(C)=C(C(=O)Nc2ccccc2)[C@H](c2ccccc2Cl)C1C#N. The quantitative estimate of drug-likeness (QED) is 0.638. The summed E-state index contributed by atoms with van der Waals surface area (Å²) in [4.78, 5) is 17.9. The molecule has 0 radical (unpaired) electrons. The Bertz CT molecular complexity index is 995. The monoisotopic (exact) mass is 423 g/mol. The number of thioether (sulfide) groups is 1. The van der Waals surface area contributed by atoms with Gasteiger partial charge in [0.1, 0.15) is 5.92 Å². The Labute approximate surface area is 180 Å². The summed E-state index contributed by atoms with van der Waals surface area (Å²) in [6.45, 7) is 3.91. The lowest BCUT2D eigenvalue weighted by molar-refractivity contribution is -0.113. The number of halogens is 1. The predicted octanol–water partition coefficient (Wildman–Crippen LogP) is 6.03. The molecule has 0 fully saturated rings. The van der Waals surface area contributed by atoms with E-state index in [9.17, 15) is 10.1 Å². The van der Waals surface area contributed by atoms with Gasteiger partial charge in [0, 0.05) is 27.9 Å². The van der Waals surface area contributed by atoms with E-state index >= 15 is 0 Å². The van der Waals surface area contributed by atoms with Gasteiger partial charge in [0.05, 0.1) is 11.1 Å². The minimum Gasteiger partial charge on any atom is -0.322 e. The number of anilines is 1. The van der Waals surface area contributed by atoms with Gasteiger partial charge in [-0.05, 0) is 42.9 Å². The summed E-state index contributed by atoms with van der Waals surface area (Å²) in [7, 11) is 0. The maximum atomic E-state index is 13.3. The van der Waals surface area contributed by atoms with Gasteiger partial charge in [-0.1, -0.05) is 54.9 Å². The molecule has 1 amide bonds. The molecule has 1 aliphatic rings. The van der Waals surface area contributed by atoms with Crippen molar-refractivity contribution in [2.45, 2.75) is 26.2 Å². The first-order valence-electron chi connectivity index (χ1n) is 9.49. The van der Waals surface area contributed by atoms with Crippen molar-refractivity contribution in [3.8, 4) is 6.07 Å². The Hall–Kier alpha value is -2.55. The number of nitrogens with zero attached hydrogens (tertiary/aromatic N) is 2. The first kappa shape index (κ1) is 21.2. The van der Waals surface area contributed by atoms with Crippen LogP contribution in [0.25, 0.3) is 0 Å². The zero-order valence-electron chi connectivity index (χ0n) is 16.4. The van der Waals surface area contributed by atoms with E-state index in [-0.39, 0.29) is 5.91 Å². The van der Waals surface area contributed by atoms with Crippen LogP contribution in [0.2, 0.25) is 5.02 Å². The van der Waals surface area contributed by atoms with Gasteiger partial charge in [-0.3, -0.25) is 4.79 Å². The van der Waals surface area contributed by atoms with Crippen LogP contribution in [0.4, 0.5) is 5.69 Å². The second kappa shape index (κ2) is 9.78. The lowest BCUT2D eigenvalue weighted by Crippen LogP contribution is -2.31. The molecule has 0 saturated carbocycles. The molecule has 4 nitrogen and oxygen atoms in total. The van der Waals surface area contributed by atoms with Gasteiger partial charge in [-0.2, -0.15) is 5.26 Å². The van der Waals surface area contributed by atoms with Gasteiger partial charge in [0.2, 0.25) is 0 Å². The third-order valence-electron chi connectivity index (χ3n) is 4.69. The summed E-state index contributed by atoms with van der Waals surface area (Å²) in [5, 5.41) is 14.2. The lowest BCUT2D eigenvalue weighted by Gasteiger charge is -2.30. The molecule has 148 valence electrons. The molecule has 3 rings (SSSR count). The number of aliphatic imine (C=N–C) groups is 1. The number of benzene rings is 2. The minimum absolute atomic E-state index is 0.262. The zero-order valence-corrected chi connectivity index (χ0v) is 17.9. The highest BCUT2D eigenvalue weighted by molar-refractivity contribution is 8.14. The number of nitriles is 1. The molecule has 0 spiro atoms. The Morgan fingerprint density at radius 1 is 1.21 bits per heavy atom. The van der Waals surface area contributed by atoms with Crippen LogP contribution < -0.4 is 5.32 Å². The predicted molar refractivity (Wildman–Crippen MR) is 121 cm³/mol. The smallest absolute Gasteiger partial charge is 0.254 e. The molecule has 1 N–H and O–H groups in total. The number of allylic oxidation sites excluding steroid dienone is 1. The Morgan fingerprint density at radius 2 is 1.90 bits per heavy atom. The molecular formula is C23H22ClN3OS. The largest absolute Gasteiger partial charge is 0.322 e. The number of amides is 1. The normalized spacial score (nSPS) is 18.8. The topological polar surface area (TPSA) is 65.2 Å². The summed E-state index contributed by atoms with van der Waals surface area (Å²) in [6.07, 6.45) is 0.975. The highest BCUT2D eigenvalue weighted by Gasteiger charge is 2.39. The van der Waals surface area contributed by atoms with Crippen molar-refractivity contribution in [3.05, 3.63) is 76.5 Å². The molecule has 6 heteroatoms. The molecule has 0 aliphatic carbocycles. The molecule has 1 heterocycles. The Kier molecular flexibility index (Phi) is 7.13. The van der Waals surface area contributed by atoms with E-state index < -0.39 is 11.8 Å². The van der Waals surface area contributed by atoms with E-state index in [2.05, 4.69) is 23.3 Å². The number of hydrogen-bond donors (Lipinski definition) is 1. The average Bonchev–Trinajstić information content (AvgIpc) is 2.72. The molecule has 0 bridgehead atoms. The summed E-state index contributed by atoms with van der Waals surface area (Å²) in [5.41, 5.74) is 2.56. The second-order valence-corrected chi connectivity index (χ2v) is 8.25. The molecule has 0 saturated heterocycles. The molecule has 1 unspecified atom stereocenters. The van der Waals surface area contributed by atoms with Gasteiger partial charge in [-0.25, -0.2) is 4.99 Å². The molecular weight excluding hydrogens is 402 g/mol. The van der Waals surface area contributed by atoms with Gasteiger partial charge < -0.3 is 5.32 Å². The standard InChI is InChI=1S/C23H22ClN3OS/c1-3-13-29-23-18(14-25)21(17-11-7-8-12-19(17)24)20(15(2)26-23)22(28)27-16-9-5-4-6-10-16/h4-12,18,21H,3,13H2,1-2H3,(H,27,28)/t18?,21-/m1/s1. The van der Waals surface area contributed by atoms with Crippen molar-refractivity contribution in [1.82, 2.24) is 0 Å². The van der Waals surface area contributed by atoms with Crippen LogP contribution in [0.3, 0.4) is 0 Å². The number of rotatable bonds is 5. The van der Waals surface area contributed by atoms with E-state index in [1.807, 2.05) is 55.5 Å². The van der Waals surface area contributed by atoms with Gasteiger partial charge in [0.25, 0.3) is 5.91 Å². The highest BCUT2D eigenvalue weighted by atomic mass is 35.5. The first-order valence-corrected chi connectivity index (χ1v) is 10.9. The molecule has 29 heavy (non-hydrogen) atoms. The van der Waals surface area contributed by atoms with Crippen LogP contribution >= 0.6 is 23.4 Å². The van der Waals surface area contributed by atoms with Crippen LogP contribution in [0.15, 0.2) is 70.9 Å². The fourth-order valence-electron chi connectivity index (χ4n) is 3.38. The number of hydrogen-bond acceptors (Lipinski definition) is 4. The van der Waals surface area contributed by atoms with E-state index in [1.54, 1.807) is 17.8 Å². The molecule has 2 atom stereocenters. The van der Waals surface area contributed by atoms with E-state index in [4.69, 9.17) is 11.6 Å². The van der Waals surface area contributed by atoms with Gasteiger partial charge >= 0.3 is 0 Å². The van der Waals surface area contributed by atoms with Crippen molar-refractivity contribution in [1.29, 1.82) is 5.26 Å². The van der Waals surface area contributed by atoms with Crippen molar-refractivity contribution < 1.29 is 4.79 Å². The summed E-state index contributed by atoms with van der Waals surface area (Å²) in [5.74, 6) is -0.437. The number of para-hydroxylation sites is 1. The van der Waals surface area contributed by atoms with Gasteiger partial charge in [0.15, 0.2) is 0 Å². The Morgan fingerprint density at radius 3 is 2.55 bits per heavy atom. The third-order valence-corrected chi connectivity index (χ3v) is 6.29. The van der Waals surface area contributed by atoms with E-state index in [0.29, 0.717) is 22.0 Å². The van der Waals surface area contributed by atoms with Crippen molar-refractivity contribution in [3.63, 3.8) is 0 Å².